The van der Waals surface area contributed by atoms with E-state index in [1.54, 1.807) is 22.8 Å². The van der Waals surface area contributed by atoms with Crippen molar-refractivity contribution in [3.63, 3.8) is 0 Å². The number of benzene rings is 3. The third kappa shape index (κ3) is 4.67. The third-order valence-electron chi connectivity index (χ3n) is 4.58. The van der Waals surface area contributed by atoms with Crippen molar-refractivity contribution in [2.24, 2.45) is 0 Å². The predicted octanol–water partition coefficient (Wildman–Crippen LogP) is 5.39. The minimum Gasteiger partial charge on any atom is -0.323 e. The summed E-state index contributed by atoms with van der Waals surface area (Å²) in [6.45, 7) is 1.95. The van der Waals surface area contributed by atoms with Crippen LogP contribution in [0.15, 0.2) is 71.9 Å². The summed E-state index contributed by atoms with van der Waals surface area (Å²) in [6.07, 6.45) is 0. The molecule has 0 unspecified atom stereocenters. The zero-order chi connectivity index (χ0) is 22.7. The van der Waals surface area contributed by atoms with Gasteiger partial charge in [-0.25, -0.2) is 13.2 Å². The molecule has 0 saturated carbocycles. The number of nitrogens with zero attached hydrogens (tertiary/aromatic N) is 3. The van der Waals surface area contributed by atoms with Crippen LogP contribution in [0.25, 0.3) is 17.1 Å². The maximum Gasteiger partial charge on any atom is 0.234 e. The molecule has 162 valence electrons. The summed E-state index contributed by atoms with van der Waals surface area (Å²) in [7, 11) is 0. The first kappa shape index (κ1) is 21.6. The van der Waals surface area contributed by atoms with E-state index in [-0.39, 0.29) is 17.0 Å². The van der Waals surface area contributed by atoms with E-state index in [0.29, 0.717) is 22.7 Å². The molecule has 1 N–H and O–H groups in total. The first-order valence-corrected chi connectivity index (χ1v) is 10.6. The number of amides is 1. The van der Waals surface area contributed by atoms with Gasteiger partial charge in [-0.3, -0.25) is 9.36 Å². The molecule has 1 aromatic heterocycles. The average Bonchev–Trinajstić information content (AvgIpc) is 3.19. The number of rotatable bonds is 6. The normalized spacial score (nSPS) is 10.9. The second kappa shape index (κ2) is 9.27. The highest BCUT2D eigenvalue weighted by Crippen LogP contribution is 2.29. The largest absolute Gasteiger partial charge is 0.323 e. The Kier molecular flexibility index (Phi) is 6.27. The molecule has 0 bridgehead atoms. The number of carbonyl (C=O) groups excluding carboxylic acids is 1. The van der Waals surface area contributed by atoms with Gasteiger partial charge in [0.15, 0.2) is 11.0 Å². The lowest BCUT2D eigenvalue weighted by Crippen LogP contribution is -2.15. The Labute approximate surface area is 186 Å². The fraction of sp³-hybridized carbons (Fsp3) is 0.0870. The van der Waals surface area contributed by atoms with Crippen molar-refractivity contribution in [1.29, 1.82) is 0 Å². The van der Waals surface area contributed by atoms with Crippen LogP contribution in [0.1, 0.15) is 5.56 Å². The number of hydrogen-bond donors (Lipinski definition) is 1. The molecule has 0 spiro atoms. The van der Waals surface area contributed by atoms with E-state index in [1.807, 2.05) is 31.2 Å². The van der Waals surface area contributed by atoms with E-state index >= 15 is 0 Å². The molecule has 0 aliphatic rings. The van der Waals surface area contributed by atoms with Crippen LogP contribution < -0.4 is 5.32 Å². The standard InChI is InChI=1S/C23H17F3N4OS/c1-14-6-9-16(10-7-14)30-22(17-4-2-3-5-18(17)25)28-29-23(30)32-13-21(31)27-20-11-8-15(24)12-19(20)26/h2-12H,13H2,1H3,(H,27,31). The SMILES string of the molecule is Cc1ccc(-n2c(SCC(=O)Nc3ccc(F)cc3F)nnc2-c2ccccc2F)cc1. The Morgan fingerprint density at radius 1 is 0.969 bits per heavy atom. The van der Waals surface area contributed by atoms with Gasteiger partial charge in [0.05, 0.1) is 17.0 Å². The molecule has 0 radical (unpaired) electrons. The van der Waals surface area contributed by atoms with Gasteiger partial charge in [0.2, 0.25) is 5.91 Å². The van der Waals surface area contributed by atoms with Crippen LogP contribution in [0.3, 0.4) is 0 Å². The number of nitrogens with one attached hydrogen (secondary N) is 1. The quantitative estimate of drug-likeness (QED) is 0.397. The van der Waals surface area contributed by atoms with Gasteiger partial charge >= 0.3 is 0 Å². The summed E-state index contributed by atoms with van der Waals surface area (Å²) >= 11 is 1.06. The molecule has 5 nitrogen and oxygen atoms in total. The topological polar surface area (TPSA) is 59.8 Å². The molecule has 4 aromatic rings. The van der Waals surface area contributed by atoms with Gasteiger partial charge in [0, 0.05) is 11.8 Å². The van der Waals surface area contributed by atoms with Crippen LogP contribution in [-0.4, -0.2) is 26.4 Å². The Balaban J connectivity index is 1.61. The highest BCUT2D eigenvalue weighted by molar-refractivity contribution is 7.99. The monoisotopic (exact) mass is 454 g/mol. The highest BCUT2D eigenvalue weighted by atomic mass is 32.2. The number of hydrogen-bond acceptors (Lipinski definition) is 4. The van der Waals surface area contributed by atoms with Crippen molar-refractivity contribution in [3.05, 3.63) is 89.7 Å². The summed E-state index contributed by atoms with van der Waals surface area (Å²) in [5.41, 5.74) is 1.89. The van der Waals surface area contributed by atoms with Crippen LogP contribution in [0.2, 0.25) is 0 Å². The van der Waals surface area contributed by atoms with Gasteiger partial charge in [-0.15, -0.1) is 10.2 Å². The third-order valence-corrected chi connectivity index (χ3v) is 5.51. The van der Waals surface area contributed by atoms with Crippen molar-refractivity contribution in [2.75, 3.05) is 11.1 Å². The number of carbonyl (C=O) groups is 1. The Morgan fingerprint density at radius 3 is 2.44 bits per heavy atom. The minimum absolute atomic E-state index is 0.113. The van der Waals surface area contributed by atoms with E-state index in [2.05, 4.69) is 15.5 Å². The number of thioether (sulfide) groups is 1. The van der Waals surface area contributed by atoms with Crippen LogP contribution in [0, 0.1) is 24.4 Å². The van der Waals surface area contributed by atoms with E-state index in [9.17, 15) is 18.0 Å². The molecule has 0 aliphatic heterocycles. The number of aromatic nitrogens is 3. The molecule has 1 heterocycles. The van der Waals surface area contributed by atoms with Gasteiger partial charge in [-0.2, -0.15) is 0 Å². The maximum atomic E-state index is 14.5. The van der Waals surface area contributed by atoms with Crippen molar-refractivity contribution < 1.29 is 18.0 Å². The second-order valence-electron chi connectivity index (χ2n) is 6.92. The second-order valence-corrected chi connectivity index (χ2v) is 7.86. The lowest BCUT2D eigenvalue weighted by Gasteiger charge is -2.11. The molecule has 32 heavy (non-hydrogen) atoms. The van der Waals surface area contributed by atoms with Crippen LogP contribution in [0.5, 0.6) is 0 Å². The number of aryl methyl sites for hydroxylation is 1. The van der Waals surface area contributed by atoms with Crippen molar-refractivity contribution in [2.45, 2.75) is 12.1 Å². The van der Waals surface area contributed by atoms with Gasteiger partial charge in [0.25, 0.3) is 0 Å². The minimum atomic E-state index is -0.868. The average molecular weight is 454 g/mol. The van der Waals surface area contributed by atoms with E-state index in [0.717, 1.165) is 29.5 Å². The summed E-state index contributed by atoms with van der Waals surface area (Å²) in [4.78, 5) is 12.3. The van der Waals surface area contributed by atoms with Crippen LogP contribution in [0.4, 0.5) is 18.9 Å². The van der Waals surface area contributed by atoms with Gasteiger partial charge < -0.3 is 5.32 Å². The van der Waals surface area contributed by atoms with E-state index < -0.39 is 23.4 Å². The summed E-state index contributed by atoms with van der Waals surface area (Å²) in [5.74, 6) is -2.38. The molecule has 0 saturated heterocycles. The zero-order valence-electron chi connectivity index (χ0n) is 16.8. The smallest absolute Gasteiger partial charge is 0.234 e. The summed E-state index contributed by atoms with van der Waals surface area (Å²) in [6, 6.07) is 16.6. The molecule has 0 aliphatic carbocycles. The van der Waals surface area contributed by atoms with Crippen LogP contribution in [-0.2, 0) is 4.79 Å². The lowest BCUT2D eigenvalue weighted by molar-refractivity contribution is -0.113. The van der Waals surface area contributed by atoms with Crippen molar-refractivity contribution in [1.82, 2.24) is 14.8 Å². The van der Waals surface area contributed by atoms with Gasteiger partial charge in [0.1, 0.15) is 17.5 Å². The van der Waals surface area contributed by atoms with Gasteiger partial charge in [-0.1, -0.05) is 41.6 Å². The van der Waals surface area contributed by atoms with Gasteiger partial charge in [-0.05, 0) is 43.3 Å². The highest BCUT2D eigenvalue weighted by Gasteiger charge is 2.19. The lowest BCUT2D eigenvalue weighted by atomic mass is 10.2. The number of halogens is 3. The van der Waals surface area contributed by atoms with Crippen molar-refractivity contribution >= 4 is 23.4 Å². The van der Waals surface area contributed by atoms with Crippen molar-refractivity contribution in [3.8, 4) is 17.1 Å². The Morgan fingerprint density at radius 2 is 1.72 bits per heavy atom. The predicted molar refractivity (Wildman–Crippen MR) is 117 cm³/mol. The summed E-state index contributed by atoms with van der Waals surface area (Å²) < 4.78 is 43.0. The molecule has 3 aromatic carbocycles. The molecule has 4 rings (SSSR count). The summed E-state index contributed by atoms with van der Waals surface area (Å²) in [5, 5.41) is 11.1. The molecular weight excluding hydrogens is 437 g/mol. The van der Waals surface area contributed by atoms with E-state index in [1.165, 1.54) is 6.07 Å². The molecule has 9 heteroatoms. The molecule has 0 fully saturated rings. The zero-order valence-corrected chi connectivity index (χ0v) is 17.7. The van der Waals surface area contributed by atoms with E-state index in [4.69, 9.17) is 0 Å². The Bertz CT molecular complexity index is 1270. The molecule has 1 amide bonds. The first-order valence-electron chi connectivity index (χ1n) is 9.57. The first-order chi connectivity index (χ1) is 15.4. The Hall–Kier alpha value is -3.59. The van der Waals surface area contributed by atoms with Crippen LogP contribution >= 0.6 is 11.8 Å². The fourth-order valence-electron chi connectivity index (χ4n) is 3.01. The fourth-order valence-corrected chi connectivity index (χ4v) is 3.77. The molecule has 0 atom stereocenters. The number of anilines is 1. The molecular formula is C23H17F3N4OS. The maximum absolute atomic E-state index is 14.5.